The van der Waals surface area contributed by atoms with Gasteiger partial charge in [0.2, 0.25) is 0 Å². The molecular formula is C18H21N3O2S. The summed E-state index contributed by atoms with van der Waals surface area (Å²) in [6, 6.07) is 5.92. The lowest BCUT2D eigenvalue weighted by molar-refractivity contribution is 0.0746. The summed E-state index contributed by atoms with van der Waals surface area (Å²) in [6.07, 6.45) is 0. The molecule has 3 aromatic rings. The van der Waals surface area contributed by atoms with Gasteiger partial charge in [-0.3, -0.25) is 4.79 Å². The number of carbonyl (C=O) groups excluding carboxylic acids is 1. The van der Waals surface area contributed by atoms with Gasteiger partial charge in [-0.2, -0.15) is 0 Å². The summed E-state index contributed by atoms with van der Waals surface area (Å²) in [7, 11) is 1.83. The van der Waals surface area contributed by atoms with Crippen molar-refractivity contribution in [3.8, 4) is 0 Å². The first-order chi connectivity index (χ1) is 11.4. The molecule has 5 nitrogen and oxygen atoms in total. The van der Waals surface area contributed by atoms with Crippen LogP contribution in [0.4, 0.5) is 0 Å². The molecule has 0 aromatic carbocycles. The minimum Gasteiger partial charge on any atom is -0.336 e. The number of aromatic nitrogens is 2. The van der Waals surface area contributed by atoms with Crippen LogP contribution >= 0.6 is 11.3 Å². The van der Waals surface area contributed by atoms with Gasteiger partial charge in [-0.15, -0.1) is 11.3 Å². The summed E-state index contributed by atoms with van der Waals surface area (Å²) in [5, 5.41) is 6.71. The van der Waals surface area contributed by atoms with Crippen LogP contribution in [-0.2, 0) is 0 Å². The Morgan fingerprint density at radius 3 is 2.71 bits per heavy atom. The van der Waals surface area contributed by atoms with Crippen molar-refractivity contribution in [3.05, 3.63) is 45.4 Å². The number of aryl methyl sites for hydroxylation is 1. The maximum Gasteiger partial charge on any atom is 0.259 e. The van der Waals surface area contributed by atoms with Crippen LogP contribution in [-0.4, -0.2) is 28.0 Å². The number of hydrogen-bond donors (Lipinski definition) is 0. The summed E-state index contributed by atoms with van der Waals surface area (Å²) in [4.78, 5) is 20.6. The quantitative estimate of drug-likeness (QED) is 0.697. The topological polar surface area (TPSA) is 59.2 Å². The maximum absolute atomic E-state index is 13.2. The molecule has 0 saturated carbocycles. The third-order valence-corrected chi connectivity index (χ3v) is 5.36. The molecule has 24 heavy (non-hydrogen) atoms. The van der Waals surface area contributed by atoms with Crippen LogP contribution in [0.5, 0.6) is 0 Å². The van der Waals surface area contributed by atoms with Crippen LogP contribution in [0, 0.1) is 6.92 Å². The van der Waals surface area contributed by atoms with E-state index in [4.69, 9.17) is 4.52 Å². The number of hydrogen-bond acceptors (Lipinski definition) is 5. The number of rotatable bonds is 4. The summed E-state index contributed by atoms with van der Waals surface area (Å²) in [5.74, 6) is 0.155. The summed E-state index contributed by atoms with van der Waals surface area (Å²) >= 11 is 1.65. The SMILES string of the molecule is Cc1noc2nc(C(C)C)cc(C(=O)N(C)C(C)c3cccs3)c12. The number of nitrogens with zero attached hydrogens (tertiary/aromatic N) is 3. The van der Waals surface area contributed by atoms with Crippen LogP contribution in [0.3, 0.4) is 0 Å². The standard InChI is InChI=1S/C18H21N3O2S/c1-10(2)14-9-13(16-11(3)20-23-17(16)19-14)18(22)21(5)12(4)15-7-6-8-24-15/h6-10,12H,1-5H3. The Bertz CT molecular complexity index is 868. The van der Waals surface area contributed by atoms with Gasteiger partial charge >= 0.3 is 0 Å². The largest absolute Gasteiger partial charge is 0.336 e. The van der Waals surface area contributed by atoms with Crippen LogP contribution < -0.4 is 0 Å². The molecule has 3 rings (SSSR count). The van der Waals surface area contributed by atoms with E-state index in [0.29, 0.717) is 22.4 Å². The van der Waals surface area contributed by atoms with Crippen LogP contribution in [0.2, 0.25) is 0 Å². The molecule has 0 fully saturated rings. The Morgan fingerprint density at radius 1 is 1.33 bits per heavy atom. The fraction of sp³-hybridized carbons (Fsp3) is 0.389. The fourth-order valence-corrected chi connectivity index (χ4v) is 3.49. The van der Waals surface area contributed by atoms with E-state index in [1.165, 1.54) is 0 Å². The Morgan fingerprint density at radius 2 is 2.08 bits per heavy atom. The molecule has 0 aliphatic heterocycles. The van der Waals surface area contributed by atoms with Crippen molar-refractivity contribution >= 4 is 28.3 Å². The molecule has 0 saturated heterocycles. The van der Waals surface area contributed by atoms with E-state index in [9.17, 15) is 4.79 Å². The van der Waals surface area contributed by atoms with Gasteiger partial charge in [-0.25, -0.2) is 4.98 Å². The van der Waals surface area contributed by atoms with Crippen molar-refractivity contribution in [3.63, 3.8) is 0 Å². The van der Waals surface area contributed by atoms with E-state index in [-0.39, 0.29) is 17.9 Å². The average Bonchev–Trinajstić information content (AvgIpc) is 3.22. The highest BCUT2D eigenvalue weighted by Gasteiger charge is 2.25. The Kier molecular flexibility index (Phi) is 4.41. The molecule has 6 heteroatoms. The number of amides is 1. The lowest BCUT2D eigenvalue weighted by Crippen LogP contribution is -2.29. The first-order valence-corrected chi connectivity index (χ1v) is 8.85. The van der Waals surface area contributed by atoms with Gasteiger partial charge in [0.15, 0.2) is 0 Å². The van der Waals surface area contributed by atoms with Gasteiger partial charge < -0.3 is 9.42 Å². The van der Waals surface area contributed by atoms with E-state index >= 15 is 0 Å². The third kappa shape index (κ3) is 2.82. The Balaban J connectivity index is 2.07. The molecule has 3 aromatic heterocycles. The minimum absolute atomic E-state index is 0.00313. The average molecular weight is 343 g/mol. The van der Waals surface area contributed by atoms with Gasteiger partial charge in [0.1, 0.15) is 0 Å². The number of pyridine rings is 1. The number of thiophene rings is 1. The summed E-state index contributed by atoms with van der Waals surface area (Å²) in [5.41, 5.74) is 2.56. The van der Waals surface area contributed by atoms with E-state index in [0.717, 1.165) is 10.6 Å². The normalized spacial score (nSPS) is 12.8. The molecule has 0 N–H and O–H groups in total. The zero-order valence-electron chi connectivity index (χ0n) is 14.5. The molecule has 126 valence electrons. The van der Waals surface area contributed by atoms with Gasteiger partial charge in [-0.1, -0.05) is 25.1 Å². The van der Waals surface area contributed by atoms with Gasteiger partial charge in [0.05, 0.1) is 22.7 Å². The Hall–Kier alpha value is -2.21. The predicted molar refractivity (Wildman–Crippen MR) is 95.5 cm³/mol. The van der Waals surface area contributed by atoms with Crippen LogP contribution in [0.25, 0.3) is 11.1 Å². The molecular weight excluding hydrogens is 322 g/mol. The van der Waals surface area contributed by atoms with Crippen molar-refractivity contribution in [2.45, 2.75) is 39.7 Å². The molecule has 0 aliphatic carbocycles. The van der Waals surface area contributed by atoms with Crippen LogP contribution in [0.15, 0.2) is 28.1 Å². The fourth-order valence-electron chi connectivity index (χ4n) is 2.66. The monoisotopic (exact) mass is 343 g/mol. The third-order valence-electron chi connectivity index (χ3n) is 4.32. The first kappa shape index (κ1) is 16.6. The maximum atomic E-state index is 13.2. The highest BCUT2D eigenvalue weighted by atomic mass is 32.1. The smallest absolute Gasteiger partial charge is 0.259 e. The highest BCUT2D eigenvalue weighted by Crippen LogP contribution is 2.29. The second kappa shape index (κ2) is 6.36. The number of fused-ring (bicyclic) bond motifs is 1. The minimum atomic E-state index is -0.0449. The van der Waals surface area contributed by atoms with Crippen molar-refractivity contribution < 1.29 is 9.32 Å². The molecule has 0 spiro atoms. The van der Waals surface area contributed by atoms with E-state index < -0.39 is 0 Å². The molecule has 0 aliphatic rings. The van der Waals surface area contributed by atoms with Crippen molar-refractivity contribution in [1.82, 2.24) is 15.0 Å². The zero-order chi connectivity index (χ0) is 17.4. The van der Waals surface area contributed by atoms with E-state index in [1.54, 1.807) is 16.2 Å². The van der Waals surface area contributed by atoms with Gasteiger partial charge in [0.25, 0.3) is 11.6 Å². The molecule has 1 amide bonds. The Labute approximate surface area is 145 Å². The summed E-state index contributed by atoms with van der Waals surface area (Å²) in [6.45, 7) is 7.96. The highest BCUT2D eigenvalue weighted by molar-refractivity contribution is 7.10. The molecule has 1 atom stereocenters. The zero-order valence-corrected chi connectivity index (χ0v) is 15.3. The molecule has 3 heterocycles. The van der Waals surface area contributed by atoms with Crippen molar-refractivity contribution in [1.29, 1.82) is 0 Å². The predicted octanol–water partition coefficient (Wildman–Crippen LogP) is 4.55. The van der Waals surface area contributed by atoms with Gasteiger partial charge in [0, 0.05) is 17.6 Å². The van der Waals surface area contributed by atoms with Crippen molar-refractivity contribution in [2.75, 3.05) is 7.05 Å². The second-order valence-electron chi connectivity index (χ2n) is 6.30. The van der Waals surface area contributed by atoms with Crippen molar-refractivity contribution in [2.24, 2.45) is 0 Å². The first-order valence-electron chi connectivity index (χ1n) is 7.97. The lowest BCUT2D eigenvalue weighted by atomic mass is 10.0. The molecule has 0 radical (unpaired) electrons. The van der Waals surface area contributed by atoms with E-state index in [1.807, 2.05) is 58.3 Å². The molecule has 1 unspecified atom stereocenters. The number of carbonyl (C=O) groups is 1. The van der Waals surface area contributed by atoms with Gasteiger partial charge in [-0.05, 0) is 37.3 Å². The lowest BCUT2D eigenvalue weighted by Gasteiger charge is -2.24. The van der Waals surface area contributed by atoms with E-state index in [2.05, 4.69) is 10.1 Å². The summed E-state index contributed by atoms with van der Waals surface area (Å²) < 4.78 is 5.31. The van der Waals surface area contributed by atoms with Crippen LogP contribution in [0.1, 0.15) is 59.4 Å². The second-order valence-corrected chi connectivity index (χ2v) is 7.28. The molecule has 0 bridgehead atoms.